The lowest BCUT2D eigenvalue weighted by molar-refractivity contribution is 0.436. The zero-order chi connectivity index (χ0) is 10.1. The third kappa shape index (κ3) is 1.56. The van der Waals surface area contributed by atoms with E-state index in [2.05, 4.69) is 5.16 Å². The number of hydrogen-bond acceptors (Lipinski definition) is 3. The first-order chi connectivity index (χ1) is 6.68. The third-order valence-corrected chi connectivity index (χ3v) is 2.57. The van der Waals surface area contributed by atoms with Gasteiger partial charge in [-0.2, -0.15) is 0 Å². The highest BCUT2D eigenvalue weighted by Crippen LogP contribution is 2.31. The first-order valence-corrected chi connectivity index (χ1v) is 4.59. The molecular weight excluding hydrogens is 223 g/mol. The predicted molar refractivity (Wildman–Crippen MR) is 56.4 cm³/mol. The van der Waals surface area contributed by atoms with Crippen molar-refractivity contribution in [1.82, 2.24) is 5.16 Å². The highest BCUT2D eigenvalue weighted by Gasteiger charge is 2.08. The van der Waals surface area contributed by atoms with E-state index in [4.69, 9.17) is 33.5 Å². The quantitative estimate of drug-likeness (QED) is 0.816. The minimum Gasteiger partial charge on any atom is -0.367 e. The second kappa shape index (κ2) is 3.52. The van der Waals surface area contributed by atoms with Gasteiger partial charge in [0, 0.05) is 0 Å². The van der Waals surface area contributed by atoms with Crippen molar-refractivity contribution < 1.29 is 4.52 Å². The Morgan fingerprint density at radius 3 is 2.57 bits per heavy atom. The average molecular weight is 229 g/mol. The van der Waals surface area contributed by atoms with Crippen LogP contribution in [0.2, 0.25) is 10.0 Å². The molecule has 0 atom stereocenters. The summed E-state index contributed by atoms with van der Waals surface area (Å²) >= 11 is 11.6. The van der Waals surface area contributed by atoms with Crippen LogP contribution in [0.25, 0.3) is 11.1 Å². The Morgan fingerprint density at radius 2 is 2.00 bits per heavy atom. The van der Waals surface area contributed by atoms with E-state index in [1.54, 1.807) is 18.2 Å². The van der Waals surface area contributed by atoms with Crippen molar-refractivity contribution in [2.75, 3.05) is 5.73 Å². The lowest BCUT2D eigenvalue weighted by atomic mass is 10.1. The number of benzene rings is 1. The summed E-state index contributed by atoms with van der Waals surface area (Å²) in [5.41, 5.74) is 7.10. The molecule has 0 amide bonds. The first kappa shape index (κ1) is 9.37. The van der Waals surface area contributed by atoms with Crippen molar-refractivity contribution in [2.24, 2.45) is 0 Å². The van der Waals surface area contributed by atoms with Gasteiger partial charge in [-0.1, -0.05) is 34.4 Å². The van der Waals surface area contributed by atoms with Crippen LogP contribution in [-0.4, -0.2) is 5.16 Å². The fourth-order valence-corrected chi connectivity index (χ4v) is 1.43. The highest BCUT2D eigenvalue weighted by atomic mass is 35.5. The summed E-state index contributed by atoms with van der Waals surface area (Å²) in [6, 6.07) is 5.22. The number of nitrogens with two attached hydrogens (primary N) is 1. The van der Waals surface area contributed by atoms with E-state index in [1.165, 1.54) is 6.20 Å². The van der Waals surface area contributed by atoms with E-state index in [9.17, 15) is 0 Å². The van der Waals surface area contributed by atoms with Gasteiger partial charge in [0.1, 0.15) is 0 Å². The lowest BCUT2D eigenvalue weighted by Gasteiger charge is -2.00. The van der Waals surface area contributed by atoms with Crippen molar-refractivity contribution in [3.63, 3.8) is 0 Å². The van der Waals surface area contributed by atoms with Crippen LogP contribution < -0.4 is 5.73 Å². The van der Waals surface area contributed by atoms with Gasteiger partial charge < -0.3 is 10.3 Å². The molecule has 1 heterocycles. The summed E-state index contributed by atoms with van der Waals surface area (Å²) in [5, 5.41) is 4.56. The van der Waals surface area contributed by atoms with Gasteiger partial charge in [-0.15, -0.1) is 0 Å². The summed E-state index contributed by atoms with van der Waals surface area (Å²) in [6.45, 7) is 0. The molecule has 0 radical (unpaired) electrons. The predicted octanol–water partition coefficient (Wildman–Crippen LogP) is 3.23. The summed E-state index contributed by atoms with van der Waals surface area (Å²) < 4.78 is 4.74. The highest BCUT2D eigenvalue weighted by molar-refractivity contribution is 6.42. The Bertz CT molecular complexity index is 468. The SMILES string of the molecule is Nc1oncc1-c1ccc(Cl)c(Cl)c1. The van der Waals surface area contributed by atoms with Crippen molar-refractivity contribution in [1.29, 1.82) is 0 Å². The van der Waals surface area contributed by atoms with Gasteiger partial charge in [0.15, 0.2) is 0 Å². The van der Waals surface area contributed by atoms with Gasteiger partial charge >= 0.3 is 0 Å². The van der Waals surface area contributed by atoms with Crippen molar-refractivity contribution in [2.45, 2.75) is 0 Å². The Kier molecular flexibility index (Phi) is 2.35. The lowest BCUT2D eigenvalue weighted by Crippen LogP contribution is -1.84. The van der Waals surface area contributed by atoms with Crippen LogP contribution in [0.4, 0.5) is 5.88 Å². The third-order valence-electron chi connectivity index (χ3n) is 1.83. The summed E-state index contributed by atoms with van der Waals surface area (Å²) in [4.78, 5) is 0. The van der Waals surface area contributed by atoms with Gasteiger partial charge in [0.25, 0.3) is 0 Å². The zero-order valence-electron chi connectivity index (χ0n) is 7.00. The Balaban J connectivity index is 2.53. The molecule has 0 aliphatic rings. The minimum absolute atomic E-state index is 0.267. The number of nitrogens with zero attached hydrogens (tertiary/aromatic N) is 1. The summed E-state index contributed by atoms with van der Waals surface area (Å²) in [6.07, 6.45) is 1.54. The second-order valence-electron chi connectivity index (χ2n) is 2.73. The number of nitrogen functional groups attached to an aromatic ring is 1. The van der Waals surface area contributed by atoms with Crippen LogP contribution in [-0.2, 0) is 0 Å². The van der Waals surface area contributed by atoms with Gasteiger partial charge in [-0.25, -0.2) is 0 Å². The number of hydrogen-bond donors (Lipinski definition) is 1. The molecule has 0 bridgehead atoms. The summed E-state index contributed by atoms with van der Waals surface area (Å²) in [5.74, 6) is 0.267. The number of aromatic nitrogens is 1. The van der Waals surface area contributed by atoms with E-state index >= 15 is 0 Å². The molecule has 2 N–H and O–H groups in total. The van der Waals surface area contributed by atoms with Gasteiger partial charge in [0.2, 0.25) is 5.88 Å². The molecule has 1 aromatic carbocycles. The van der Waals surface area contributed by atoms with Gasteiger partial charge in [-0.3, -0.25) is 0 Å². The molecule has 0 spiro atoms. The van der Waals surface area contributed by atoms with E-state index < -0.39 is 0 Å². The van der Waals surface area contributed by atoms with Crippen LogP contribution in [0.15, 0.2) is 28.9 Å². The van der Waals surface area contributed by atoms with Crippen LogP contribution in [0.5, 0.6) is 0 Å². The van der Waals surface area contributed by atoms with Crippen molar-refractivity contribution >= 4 is 29.1 Å². The topological polar surface area (TPSA) is 52.0 Å². The summed E-state index contributed by atoms with van der Waals surface area (Å²) in [7, 11) is 0. The average Bonchev–Trinajstić information content (AvgIpc) is 2.57. The Morgan fingerprint density at radius 1 is 1.21 bits per heavy atom. The fraction of sp³-hybridized carbons (Fsp3) is 0. The zero-order valence-corrected chi connectivity index (χ0v) is 8.51. The van der Waals surface area contributed by atoms with Crippen molar-refractivity contribution in [3.05, 3.63) is 34.4 Å². The van der Waals surface area contributed by atoms with Gasteiger partial charge in [-0.05, 0) is 17.7 Å². The second-order valence-corrected chi connectivity index (χ2v) is 3.55. The van der Waals surface area contributed by atoms with E-state index in [0.29, 0.717) is 15.6 Å². The number of rotatable bonds is 1. The minimum atomic E-state index is 0.267. The molecule has 2 aromatic rings. The standard InChI is InChI=1S/C9H6Cl2N2O/c10-7-2-1-5(3-8(7)11)6-4-13-14-9(6)12/h1-4H,12H2. The molecule has 0 aliphatic carbocycles. The molecule has 2 rings (SSSR count). The largest absolute Gasteiger partial charge is 0.367 e. The molecule has 72 valence electrons. The van der Waals surface area contributed by atoms with Crippen LogP contribution in [0, 0.1) is 0 Å². The number of halogens is 2. The fourth-order valence-electron chi connectivity index (χ4n) is 1.13. The first-order valence-electron chi connectivity index (χ1n) is 3.84. The smallest absolute Gasteiger partial charge is 0.229 e. The van der Waals surface area contributed by atoms with E-state index in [-0.39, 0.29) is 5.88 Å². The molecule has 0 saturated heterocycles. The maximum Gasteiger partial charge on any atom is 0.229 e. The van der Waals surface area contributed by atoms with Crippen LogP contribution in [0.1, 0.15) is 0 Å². The monoisotopic (exact) mass is 228 g/mol. The number of anilines is 1. The molecule has 3 nitrogen and oxygen atoms in total. The van der Waals surface area contributed by atoms with Crippen LogP contribution in [0.3, 0.4) is 0 Å². The van der Waals surface area contributed by atoms with E-state index in [0.717, 1.165) is 5.56 Å². The molecule has 0 fully saturated rings. The molecular formula is C9H6Cl2N2O. The van der Waals surface area contributed by atoms with E-state index in [1.807, 2.05) is 0 Å². The molecule has 14 heavy (non-hydrogen) atoms. The maximum atomic E-state index is 5.86. The van der Waals surface area contributed by atoms with Gasteiger partial charge in [0.05, 0.1) is 21.8 Å². The molecule has 0 unspecified atom stereocenters. The molecule has 1 aromatic heterocycles. The molecule has 5 heteroatoms. The normalized spacial score (nSPS) is 10.4. The Hall–Kier alpha value is -1.19. The van der Waals surface area contributed by atoms with Crippen molar-refractivity contribution in [3.8, 4) is 11.1 Å². The Labute approximate surface area is 90.4 Å². The maximum absolute atomic E-state index is 5.86. The molecule has 0 saturated carbocycles. The molecule has 0 aliphatic heterocycles. The van der Waals surface area contributed by atoms with Crippen LogP contribution >= 0.6 is 23.2 Å².